The number of amides is 3. The number of methoxy groups -OCH3 is 1. The van der Waals surface area contributed by atoms with Gasteiger partial charge in [0.05, 0.1) is 30.6 Å². The first kappa shape index (κ1) is 22.8. The quantitative estimate of drug-likeness (QED) is 0.363. The van der Waals surface area contributed by atoms with E-state index in [1.165, 1.54) is 4.90 Å². The molecule has 0 radical (unpaired) electrons. The number of rotatable bonds is 5. The zero-order valence-corrected chi connectivity index (χ0v) is 20.3. The van der Waals surface area contributed by atoms with Crippen LogP contribution in [0.25, 0.3) is 0 Å². The molecule has 2 aliphatic heterocycles. The Morgan fingerprint density at radius 2 is 1.67 bits per heavy atom. The Bertz CT molecular complexity index is 1260. The molecule has 2 aliphatic carbocycles. The van der Waals surface area contributed by atoms with Crippen molar-refractivity contribution in [2.45, 2.75) is 32.6 Å². The average molecular weight is 489 g/mol. The molecule has 5 atom stereocenters. The minimum atomic E-state index is -0.597. The molecule has 2 saturated heterocycles. The van der Waals surface area contributed by atoms with E-state index >= 15 is 0 Å². The van der Waals surface area contributed by atoms with Gasteiger partial charge in [0.15, 0.2) is 0 Å². The molecule has 0 spiro atoms. The highest BCUT2D eigenvalue weighted by molar-refractivity contribution is 6.23. The lowest BCUT2D eigenvalue weighted by Gasteiger charge is -2.20. The molecule has 8 nitrogen and oxygen atoms in total. The number of ether oxygens (including phenoxy) is 2. The van der Waals surface area contributed by atoms with Gasteiger partial charge in [0.25, 0.3) is 0 Å². The highest BCUT2D eigenvalue weighted by atomic mass is 16.5. The summed E-state index contributed by atoms with van der Waals surface area (Å²) in [7, 11) is 1.56. The van der Waals surface area contributed by atoms with Gasteiger partial charge in [-0.15, -0.1) is 0 Å². The molecule has 0 N–H and O–H groups in total. The molecular formula is C28H28N2O6. The zero-order chi connectivity index (χ0) is 25.1. The molecule has 6 rings (SSSR count). The second kappa shape index (κ2) is 8.47. The number of carbonyl (C=O) groups excluding carboxylic acids is 4. The maximum atomic E-state index is 13.2. The standard InChI is InChI=1S/C28H28N2O6/c1-15-10-21(8-9-22(15)30-26(32)24-16-6-7-17(11-16)25(24)27(30)33)36-28(34)18-12-23(31)29(14-18)19-4-3-5-20(13-19)35-2/h3-5,8-10,13,16-18,24-25H,6-7,11-12,14H2,1-2H3/t16-,17-,18+,24+,25+/m0/s1. The van der Waals surface area contributed by atoms with Crippen LogP contribution in [-0.4, -0.2) is 37.3 Å². The van der Waals surface area contributed by atoms with Gasteiger partial charge in [-0.05, 0) is 73.9 Å². The molecule has 4 aliphatic rings. The van der Waals surface area contributed by atoms with E-state index < -0.39 is 11.9 Å². The largest absolute Gasteiger partial charge is 0.497 e. The summed E-state index contributed by atoms with van der Waals surface area (Å²) in [5.41, 5.74) is 1.92. The molecular weight excluding hydrogens is 460 g/mol. The van der Waals surface area contributed by atoms with E-state index in [1.54, 1.807) is 61.4 Å². The molecule has 8 heteroatoms. The lowest BCUT2D eigenvalue weighted by atomic mass is 9.81. The maximum Gasteiger partial charge on any atom is 0.316 e. The summed E-state index contributed by atoms with van der Waals surface area (Å²) in [5.74, 6) is -0.162. The van der Waals surface area contributed by atoms with Crippen molar-refractivity contribution in [3.05, 3.63) is 48.0 Å². The Balaban J connectivity index is 1.15. The Morgan fingerprint density at radius 1 is 0.944 bits per heavy atom. The van der Waals surface area contributed by atoms with Gasteiger partial charge in [-0.1, -0.05) is 6.07 Å². The van der Waals surface area contributed by atoms with Crippen molar-refractivity contribution in [1.82, 2.24) is 0 Å². The van der Waals surface area contributed by atoms with Crippen LogP contribution in [0.5, 0.6) is 11.5 Å². The first-order valence-corrected chi connectivity index (χ1v) is 12.5. The average Bonchev–Trinajstić information content (AvgIpc) is 3.63. The molecule has 2 saturated carbocycles. The first-order chi connectivity index (χ1) is 17.4. The Labute approximate surface area is 209 Å². The number of nitrogens with zero attached hydrogens (tertiary/aromatic N) is 2. The van der Waals surface area contributed by atoms with Crippen molar-refractivity contribution >= 4 is 35.1 Å². The minimum absolute atomic E-state index is 0.0645. The monoisotopic (exact) mass is 488 g/mol. The Morgan fingerprint density at radius 3 is 2.33 bits per heavy atom. The van der Waals surface area contributed by atoms with Crippen molar-refractivity contribution < 1.29 is 28.7 Å². The summed E-state index contributed by atoms with van der Waals surface area (Å²) in [6, 6.07) is 12.1. The highest BCUT2D eigenvalue weighted by Gasteiger charge is 2.61. The Kier molecular flexibility index (Phi) is 5.35. The van der Waals surface area contributed by atoms with Crippen molar-refractivity contribution in [3.8, 4) is 11.5 Å². The number of hydrogen-bond donors (Lipinski definition) is 0. The molecule has 2 bridgehead atoms. The number of imide groups is 1. The second-order valence-electron chi connectivity index (χ2n) is 10.4. The molecule has 0 unspecified atom stereocenters. The third-order valence-corrected chi connectivity index (χ3v) is 8.38. The van der Waals surface area contributed by atoms with E-state index in [1.807, 2.05) is 0 Å². The molecule has 186 valence electrons. The number of carbonyl (C=O) groups is 4. The van der Waals surface area contributed by atoms with Crippen LogP contribution < -0.4 is 19.3 Å². The van der Waals surface area contributed by atoms with Crippen LogP contribution >= 0.6 is 0 Å². The number of benzene rings is 2. The third-order valence-electron chi connectivity index (χ3n) is 8.38. The van der Waals surface area contributed by atoms with Crippen molar-refractivity contribution in [3.63, 3.8) is 0 Å². The zero-order valence-electron chi connectivity index (χ0n) is 20.3. The lowest BCUT2D eigenvalue weighted by Crippen LogP contribution is -2.33. The molecule has 3 amide bonds. The smallest absolute Gasteiger partial charge is 0.316 e. The van der Waals surface area contributed by atoms with Crippen LogP contribution in [0.1, 0.15) is 31.2 Å². The molecule has 36 heavy (non-hydrogen) atoms. The van der Waals surface area contributed by atoms with Crippen molar-refractivity contribution in [1.29, 1.82) is 0 Å². The van der Waals surface area contributed by atoms with Gasteiger partial charge in [0.2, 0.25) is 17.7 Å². The van der Waals surface area contributed by atoms with Crippen LogP contribution in [0.4, 0.5) is 11.4 Å². The van der Waals surface area contributed by atoms with Gasteiger partial charge in [-0.3, -0.25) is 19.2 Å². The van der Waals surface area contributed by atoms with Crippen molar-refractivity contribution in [2.75, 3.05) is 23.5 Å². The van der Waals surface area contributed by atoms with Crippen LogP contribution in [0.15, 0.2) is 42.5 Å². The summed E-state index contributed by atoms with van der Waals surface area (Å²) in [6.07, 6.45) is 3.12. The van der Waals surface area contributed by atoms with Crippen LogP contribution in [-0.2, 0) is 19.2 Å². The molecule has 0 aromatic heterocycles. The fraction of sp³-hybridized carbons (Fsp3) is 0.429. The molecule has 2 heterocycles. The predicted molar refractivity (Wildman–Crippen MR) is 131 cm³/mol. The molecule has 2 aromatic carbocycles. The number of anilines is 2. The fourth-order valence-electron chi connectivity index (χ4n) is 6.68. The van der Waals surface area contributed by atoms with Gasteiger partial charge in [0.1, 0.15) is 11.5 Å². The van der Waals surface area contributed by atoms with E-state index in [0.717, 1.165) is 19.3 Å². The van der Waals surface area contributed by atoms with E-state index in [0.29, 0.717) is 40.3 Å². The highest BCUT2D eigenvalue weighted by Crippen LogP contribution is 2.56. The minimum Gasteiger partial charge on any atom is -0.497 e. The number of esters is 1. The molecule has 4 fully saturated rings. The van der Waals surface area contributed by atoms with E-state index in [4.69, 9.17) is 9.47 Å². The summed E-state index contributed by atoms with van der Waals surface area (Å²) < 4.78 is 10.8. The van der Waals surface area contributed by atoms with Crippen LogP contribution in [0, 0.1) is 36.5 Å². The summed E-state index contributed by atoms with van der Waals surface area (Å²) >= 11 is 0. The normalized spacial score (nSPS) is 28.7. The molecule has 2 aromatic rings. The fourth-order valence-corrected chi connectivity index (χ4v) is 6.68. The van der Waals surface area contributed by atoms with Gasteiger partial charge in [-0.2, -0.15) is 0 Å². The lowest BCUT2D eigenvalue weighted by molar-refractivity contribution is -0.139. The maximum absolute atomic E-state index is 13.2. The van der Waals surface area contributed by atoms with Crippen molar-refractivity contribution in [2.24, 2.45) is 29.6 Å². The summed E-state index contributed by atoms with van der Waals surface area (Å²) in [6.45, 7) is 2.03. The Hall–Kier alpha value is -3.68. The number of hydrogen-bond acceptors (Lipinski definition) is 6. The topological polar surface area (TPSA) is 93.2 Å². The van der Waals surface area contributed by atoms with Gasteiger partial charge in [0, 0.05) is 24.7 Å². The van der Waals surface area contributed by atoms with E-state index in [9.17, 15) is 19.2 Å². The SMILES string of the molecule is COc1cccc(N2C[C@H](C(=O)Oc3ccc(N4C(=O)[C@@H]5[C@H]6CC[C@@H](C6)[C@H]5C4=O)c(C)c3)CC2=O)c1. The number of aryl methyl sites for hydroxylation is 1. The van der Waals surface area contributed by atoms with E-state index in [-0.39, 0.29) is 42.5 Å². The number of fused-ring (bicyclic) bond motifs is 5. The first-order valence-electron chi connectivity index (χ1n) is 12.5. The van der Waals surface area contributed by atoms with Crippen LogP contribution in [0.3, 0.4) is 0 Å². The summed E-state index contributed by atoms with van der Waals surface area (Å²) in [5, 5.41) is 0. The second-order valence-corrected chi connectivity index (χ2v) is 10.4. The van der Waals surface area contributed by atoms with Gasteiger partial charge in [-0.25, -0.2) is 4.90 Å². The third kappa shape index (κ3) is 3.50. The van der Waals surface area contributed by atoms with E-state index in [2.05, 4.69) is 0 Å². The van der Waals surface area contributed by atoms with Gasteiger partial charge >= 0.3 is 5.97 Å². The van der Waals surface area contributed by atoms with Crippen LogP contribution in [0.2, 0.25) is 0 Å². The predicted octanol–water partition coefficient (Wildman–Crippen LogP) is 3.50. The summed E-state index contributed by atoms with van der Waals surface area (Å²) in [4.78, 5) is 54.7. The van der Waals surface area contributed by atoms with Gasteiger partial charge < -0.3 is 14.4 Å².